The van der Waals surface area contributed by atoms with Crippen LogP contribution >= 0.6 is 11.6 Å². The van der Waals surface area contributed by atoms with Crippen molar-refractivity contribution in [1.29, 1.82) is 0 Å². The fourth-order valence-electron chi connectivity index (χ4n) is 2.83. The number of rotatable bonds is 3. The third-order valence-electron chi connectivity index (χ3n) is 3.99. The fraction of sp³-hybridized carbons (Fsp3) is 0.533. The molecule has 1 aromatic carbocycles. The summed E-state index contributed by atoms with van der Waals surface area (Å²) < 4.78 is 0. The largest absolute Gasteiger partial charge is 0.330 e. The summed E-state index contributed by atoms with van der Waals surface area (Å²) in [6, 6.07) is 5.51. The maximum atomic E-state index is 12.4. The van der Waals surface area contributed by atoms with Crippen molar-refractivity contribution in [3.05, 3.63) is 28.8 Å². The molecule has 0 saturated heterocycles. The Labute approximate surface area is 119 Å². The molecule has 0 spiro atoms. The van der Waals surface area contributed by atoms with E-state index in [-0.39, 0.29) is 11.8 Å². The molecular formula is C15H21ClN2O. The van der Waals surface area contributed by atoms with E-state index in [0.29, 0.717) is 17.5 Å². The summed E-state index contributed by atoms with van der Waals surface area (Å²) in [7, 11) is 0. The topological polar surface area (TPSA) is 55.1 Å². The van der Waals surface area contributed by atoms with Gasteiger partial charge in [0.05, 0.1) is 0 Å². The molecule has 1 amide bonds. The van der Waals surface area contributed by atoms with Gasteiger partial charge in [0.15, 0.2) is 0 Å². The van der Waals surface area contributed by atoms with Gasteiger partial charge in [-0.05, 0) is 56.0 Å². The minimum Gasteiger partial charge on any atom is -0.330 e. The minimum absolute atomic E-state index is 0.0498. The van der Waals surface area contributed by atoms with Crippen LogP contribution in [0.4, 0.5) is 5.69 Å². The van der Waals surface area contributed by atoms with Gasteiger partial charge in [-0.25, -0.2) is 0 Å². The van der Waals surface area contributed by atoms with Gasteiger partial charge in [0, 0.05) is 16.6 Å². The number of benzene rings is 1. The second-order valence-corrected chi connectivity index (χ2v) is 5.77. The van der Waals surface area contributed by atoms with Crippen molar-refractivity contribution in [2.75, 3.05) is 11.9 Å². The van der Waals surface area contributed by atoms with Crippen molar-refractivity contribution < 1.29 is 4.79 Å². The zero-order valence-electron chi connectivity index (χ0n) is 11.3. The normalized spacial score (nSPS) is 23.1. The SMILES string of the molecule is Cc1cc(Cl)ccc1NC(=O)C1CCCCC1CN. The molecular weight excluding hydrogens is 260 g/mol. The summed E-state index contributed by atoms with van der Waals surface area (Å²) in [6.45, 7) is 2.54. The molecule has 1 fully saturated rings. The van der Waals surface area contributed by atoms with Gasteiger partial charge in [0.1, 0.15) is 0 Å². The van der Waals surface area contributed by atoms with Crippen LogP contribution in [0.1, 0.15) is 31.2 Å². The molecule has 0 heterocycles. The van der Waals surface area contributed by atoms with Crippen molar-refractivity contribution >= 4 is 23.2 Å². The third kappa shape index (κ3) is 3.48. The lowest BCUT2D eigenvalue weighted by Gasteiger charge is -2.29. The van der Waals surface area contributed by atoms with E-state index in [4.69, 9.17) is 17.3 Å². The zero-order chi connectivity index (χ0) is 13.8. The van der Waals surface area contributed by atoms with Gasteiger partial charge in [-0.1, -0.05) is 24.4 Å². The second-order valence-electron chi connectivity index (χ2n) is 5.34. The first kappa shape index (κ1) is 14.4. The standard InChI is InChI=1S/C15H21ClN2O/c1-10-8-12(16)6-7-14(10)18-15(19)13-5-3-2-4-11(13)9-17/h6-8,11,13H,2-5,9,17H2,1H3,(H,18,19). The molecule has 1 aliphatic carbocycles. The Balaban J connectivity index is 2.07. The summed E-state index contributed by atoms with van der Waals surface area (Å²) in [5, 5.41) is 3.71. The van der Waals surface area contributed by atoms with Crippen LogP contribution in [-0.2, 0) is 4.79 Å². The van der Waals surface area contributed by atoms with Crippen LogP contribution in [0, 0.1) is 18.8 Å². The minimum atomic E-state index is 0.0498. The van der Waals surface area contributed by atoms with Gasteiger partial charge in [0.25, 0.3) is 0 Å². The number of halogens is 1. The highest BCUT2D eigenvalue weighted by molar-refractivity contribution is 6.30. The Morgan fingerprint density at radius 1 is 1.42 bits per heavy atom. The lowest BCUT2D eigenvalue weighted by Crippen LogP contribution is -2.35. The number of amides is 1. The predicted octanol–water partition coefficient (Wildman–Crippen LogP) is 3.35. The molecule has 0 bridgehead atoms. The second kappa shape index (κ2) is 6.40. The monoisotopic (exact) mass is 280 g/mol. The number of anilines is 1. The molecule has 3 nitrogen and oxygen atoms in total. The highest BCUT2D eigenvalue weighted by Crippen LogP contribution is 2.31. The Morgan fingerprint density at radius 3 is 2.84 bits per heavy atom. The van der Waals surface area contributed by atoms with Gasteiger partial charge in [-0.15, -0.1) is 0 Å². The Bertz CT molecular complexity index is 461. The molecule has 1 aliphatic rings. The van der Waals surface area contributed by atoms with Crippen LogP contribution in [0.25, 0.3) is 0 Å². The Morgan fingerprint density at radius 2 is 2.16 bits per heavy atom. The van der Waals surface area contributed by atoms with Crippen molar-refractivity contribution in [3.63, 3.8) is 0 Å². The number of nitrogens with two attached hydrogens (primary N) is 1. The number of aryl methyl sites for hydroxylation is 1. The number of carbonyl (C=O) groups excluding carboxylic acids is 1. The van der Waals surface area contributed by atoms with Crippen LogP contribution in [-0.4, -0.2) is 12.5 Å². The van der Waals surface area contributed by atoms with Gasteiger partial charge in [0.2, 0.25) is 5.91 Å². The summed E-state index contributed by atoms with van der Waals surface area (Å²) in [5.41, 5.74) is 7.61. The van der Waals surface area contributed by atoms with E-state index in [1.807, 2.05) is 19.1 Å². The quantitative estimate of drug-likeness (QED) is 0.892. The van der Waals surface area contributed by atoms with Crippen molar-refractivity contribution in [2.45, 2.75) is 32.6 Å². The van der Waals surface area contributed by atoms with Gasteiger partial charge < -0.3 is 11.1 Å². The van der Waals surface area contributed by atoms with E-state index in [2.05, 4.69) is 5.32 Å². The van der Waals surface area contributed by atoms with E-state index in [1.165, 1.54) is 6.42 Å². The first-order valence-corrected chi connectivity index (χ1v) is 7.26. The number of carbonyl (C=O) groups is 1. The molecule has 2 atom stereocenters. The van der Waals surface area contributed by atoms with Crippen molar-refractivity contribution in [1.82, 2.24) is 0 Å². The highest BCUT2D eigenvalue weighted by Gasteiger charge is 2.30. The average Bonchev–Trinajstić information content (AvgIpc) is 2.41. The maximum Gasteiger partial charge on any atom is 0.227 e. The smallest absolute Gasteiger partial charge is 0.227 e. The molecule has 1 aromatic rings. The van der Waals surface area contributed by atoms with E-state index in [1.54, 1.807) is 6.07 Å². The van der Waals surface area contributed by atoms with Gasteiger partial charge in [-0.3, -0.25) is 4.79 Å². The summed E-state index contributed by atoms with van der Waals surface area (Å²) in [5.74, 6) is 0.468. The van der Waals surface area contributed by atoms with Crippen LogP contribution < -0.4 is 11.1 Å². The maximum absolute atomic E-state index is 12.4. The summed E-state index contributed by atoms with van der Waals surface area (Å²) in [4.78, 5) is 12.4. The zero-order valence-corrected chi connectivity index (χ0v) is 12.0. The molecule has 104 valence electrons. The number of hydrogen-bond donors (Lipinski definition) is 2. The van der Waals surface area contributed by atoms with Gasteiger partial charge >= 0.3 is 0 Å². The molecule has 2 rings (SSSR count). The molecule has 2 unspecified atom stereocenters. The third-order valence-corrected chi connectivity index (χ3v) is 4.23. The van der Waals surface area contributed by atoms with E-state index in [0.717, 1.165) is 30.5 Å². The molecule has 1 saturated carbocycles. The van der Waals surface area contributed by atoms with E-state index in [9.17, 15) is 4.79 Å². The Hall–Kier alpha value is -1.06. The predicted molar refractivity (Wildman–Crippen MR) is 79.3 cm³/mol. The van der Waals surface area contributed by atoms with Crippen LogP contribution in [0.3, 0.4) is 0 Å². The molecule has 3 N–H and O–H groups in total. The van der Waals surface area contributed by atoms with Crippen LogP contribution in [0.15, 0.2) is 18.2 Å². The number of nitrogens with one attached hydrogen (secondary N) is 1. The Kier molecular flexibility index (Phi) is 4.83. The molecule has 19 heavy (non-hydrogen) atoms. The highest BCUT2D eigenvalue weighted by atomic mass is 35.5. The first-order chi connectivity index (χ1) is 9.11. The van der Waals surface area contributed by atoms with Crippen molar-refractivity contribution in [3.8, 4) is 0 Å². The molecule has 0 aliphatic heterocycles. The lowest BCUT2D eigenvalue weighted by molar-refractivity contribution is -0.122. The van der Waals surface area contributed by atoms with E-state index < -0.39 is 0 Å². The molecule has 4 heteroatoms. The molecule has 0 radical (unpaired) electrons. The summed E-state index contributed by atoms with van der Waals surface area (Å²) >= 11 is 5.92. The van der Waals surface area contributed by atoms with Crippen LogP contribution in [0.5, 0.6) is 0 Å². The van der Waals surface area contributed by atoms with Crippen LogP contribution in [0.2, 0.25) is 5.02 Å². The van der Waals surface area contributed by atoms with Gasteiger partial charge in [-0.2, -0.15) is 0 Å². The first-order valence-electron chi connectivity index (χ1n) is 6.89. The van der Waals surface area contributed by atoms with Crippen molar-refractivity contribution in [2.24, 2.45) is 17.6 Å². The average molecular weight is 281 g/mol. The summed E-state index contributed by atoms with van der Waals surface area (Å²) in [6.07, 6.45) is 4.31. The molecule has 0 aromatic heterocycles. The number of hydrogen-bond acceptors (Lipinski definition) is 2. The van der Waals surface area contributed by atoms with E-state index >= 15 is 0 Å². The lowest BCUT2D eigenvalue weighted by atomic mass is 9.78. The fourth-order valence-corrected chi connectivity index (χ4v) is 3.05.